The third-order valence-corrected chi connectivity index (χ3v) is 0.577. The number of aliphatic hydroxyl groups is 2. The normalized spacial score (nSPS) is 7.58. The van der Waals surface area contributed by atoms with Gasteiger partial charge in [0.15, 0.2) is 0 Å². The van der Waals surface area contributed by atoms with Crippen molar-refractivity contribution < 1.29 is 49.7 Å². The molecule has 0 saturated carbocycles. The number of carbonyl (C=O) groups excluding carboxylic acids is 1. The summed E-state index contributed by atoms with van der Waals surface area (Å²) in [6.45, 7) is 2.39. The van der Waals surface area contributed by atoms with E-state index in [-0.39, 0.29) is 42.8 Å². The van der Waals surface area contributed by atoms with Crippen molar-refractivity contribution in [2.45, 2.75) is 6.92 Å². The van der Waals surface area contributed by atoms with Crippen LogP contribution in [0.25, 0.3) is 0 Å². The third kappa shape index (κ3) is 47.8. The number of carboxylic acids is 1. The average Bonchev–Trinajstić information content (AvgIpc) is 1.88. The van der Waals surface area contributed by atoms with Crippen molar-refractivity contribution in [1.29, 1.82) is 0 Å². The first kappa shape index (κ1) is 18.2. The first-order valence-corrected chi connectivity index (χ1v) is 3.25. The van der Waals surface area contributed by atoms with E-state index in [0.29, 0.717) is 13.1 Å². The molecule has 0 atom stereocenters. The Balaban J connectivity index is -0.000000142. The molecule has 0 bridgehead atoms. The molecule has 0 spiro atoms. The Kier molecular flexibility index (Phi) is 26.4. The molecule has 0 saturated heterocycles. The number of carbonyl (C=O) groups is 1. The molecule has 12 heavy (non-hydrogen) atoms. The molecule has 68 valence electrons. The molecular weight excluding hydrogens is 173 g/mol. The number of rotatable bonds is 4. The fourth-order valence-corrected chi connectivity index (χ4v) is 0.283. The van der Waals surface area contributed by atoms with E-state index < -0.39 is 5.97 Å². The second-order valence-electron chi connectivity index (χ2n) is 1.69. The predicted octanol–water partition coefficient (Wildman–Crippen LogP) is -5.68. The summed E-state index contributed by atoms with van der Waals surface area (Å²) >= 11 is 0. The van der Waals surface area contributed by atoms with Crippen molar-refractivity contribution in [3.05, 3.63) is 0 Å². The van der Waals surface area contributed by atoms with E-state index in [1.54, 1.807) is 0 Å². The largest absolute Gasteiger partial charge is 1.00 e. The Morgan fingerprint density at radius 1 is 1.33 bits per heavy atom. The number of hydrogen-bond acceptors (Lipinski definition) is 5. The molecule has 0 aliphatic rings. The summed E-state index contributed by atoms with van der Waals surface area (Å²) < 4.78 is 0. The van der Waals surface area contributed by atoms with Crippen LogP contribution in [0.5, 0.6) is 0 Å². The van der Waals surface area contributed by atoms with Crippen LogP contribution in [0.1, 0.15) is 6.92 Å². The van der Waals surface area contributed by atoms with Gasteiger partial charge in [-0.25, -0.2) is 0 Å². The van der Waals surface area contributed by atoms with Crippen LogP contribution < -0.4 is 40.0 Å². The summed E-state index contributed by atoms with van der Waals surface area (Å²) in [7, 11) is 0. The van der Waals surface area contributed by atoms with Gasteiger partial charge in [0, 0.05) is 19.1 Å². The zero-order chi connectivity index (χ0) is 9.11. The Morgan fingerprint density at radius 3 is 1.75 bits per heavy atom. The van der Waals surface area contributed by atoms with E-state index in [1.807, 2.05) is 0 Å². The topological polar surface area (TPSA) is 92.6 Å². The van der Waals surface area contributed by atoms with Crippen LogP contribution in [0.2, 0.25) is 0 Å². The van der Waals surface area contributed by atoms with E-state index >= 15 is 0 Å². The number of hydrogen-bond donors (Lipinski definition) is 3. The van der Waals surface area contributed by atoms with Crippen molar-refractivity contribution in [3.8, 4) is 0 Å². The number of nitrogens with one attached hydrogen (secondary N) is 1. The van der Waals surface area contributed by atoms with E-state index in [2.05, 4.69) is 5.32 Å². The van der Waals surface area contributed by atoms with Crippen LogP contribution in [-0.4, -0.2) is 42.5 Å². The average molecular weight is 187 g/mol. The Labute approximate surface area is 94.1 Å². The molecule has 5 nitrogen and oxygen atoms in total. The number of carboxylic acid groups (broad SMARTS) is 1. The van der Waals surface area contributed by atoms with Gasteiger partial charge in [0.1, 0.15) is 0 Å². The second kappa shape index (κ2) is 17.4. The molecule has 0 aliphatic carbocycles. The maximum atomic E-state index is 8.89. The second-order valence-corrected chi connectivity index (χ2v) is 1.69. The summed E-state index contributed by atoms with van der Waals surface area (Å²) in [6, 6.07) is 0. The van der Waals surface area contributed by atoms with Crippen molar-refractivity contribution in [1.82, 2.24) is 5.32 Å². The quantitative estimate of drug-likeness (QED) is 0.301. The Bertz CT molecular complexity index is 83.6. The molecule has 0 unspecified atom stereocenters. The standard InChI is InChI=1S/C4H11NO2.C2H4O2.Na/c6-3-1-5-2-4-7;1-2(3)4;/h5-7H,1-4H2;1H3,(H,3,4);/q;;+1/p-1. The smallest absolute Gasteiger partial charge is 0.550 e. The summed E-state index contributed by atoms with van der Waals surface area (Å²) in [5.74, 6) is -1.08. The van der Waals surface area contributed by atoms with Gasteiger partial charge >= 0.3 is 29.6 Å². The molecule has 0 rings (SSSR count). The van der Waals surface area contributed by atoms with Gasteiger partial charge in [0.05, 0.1) is 13.2 Å². The molecular formula is C6H14NNaO4. The van der Waals surface area contributed by atoms with Crippen LogP contribution in [-0.2, 0) is 4.79 Å². The minimum atomic E-state index is -1.08. The maximum Gasteiger partial charge on any atom is 1.00 e. The van der Waals surface area contributed by atoms with Gasteiger partial charge in [-0.1, -0.05) is 0 Å². The first-order chi connectivity index (χ1) is 5.15. The van der Waals surface area contributed by atoms with Gasteiger partial charge in [0.25, 0.3) is 0 Å². The summed E-state index contributed by atoms with van der Waals surface area (Å²) in [6.07, 6.45) is 0. The molecule has 0 aromatic rings. The van der Waals surface area contributed by atoms with Gasteiger partial charge < -0.3 is 25.4 Å². The fraction of sp³-hybridized carbons (Fsp3) is 0.833. The van der Waals surface area contributed by atoms with E-state index in [4.69, 9.17) is 20.1 Å². The van der Waals surface area contributed by atoms with Crippen LogP contribution in [0.4, 0.5) is 0 Å². The number of aliphatic carboxylic acids is 1. The van der Waals surface area contributed by atoms with Crippen LogP contribution >= 0.6 is 0 Å². The minimum absolute atomic E-state index is 0. The predicted molar refractivity (Wildman–Crippen MR) is 37.7 cm³/mol. The maximum absolute atomic E-state index is 8.89. The summed E-state index contributed by atoms with van der Waals surface area (Å²) in [4.78, 5) is 8.89. The summed E-state index contributed by atoms with van der Waals surface area (Å²) in [5, 5.41) is 28.0. The molecule has 0 aliphatic heterocycles. The van der Waals surface area contributed by atoms with Gasteiger partial charge in [-0.3, -0.25) is 0 Å². The van der Waals surface area contributed by atoms with Gasteiger partial charge in [-0.2, -0.15) is 0 Å². The van der Waals surface area contributed by atoms with Crippen LogP contribution in [0.3, 0.4) is 0 Å². The minimum Gasteiger partial charge on any atom is -0.550 e. The van der Waals surface area contributed by atoms with Crippen LogP contribution in [0.15, 0.2) is 0 Å². The Morgan fingerprint density at radius 2 is 1.58 bits per heavy atom. The molecule has 0 aromatic carbocycles. The van der Waals surface area contributed by atoms with E-state index in [9.17, 15) is 0 Å². The SMILES string of the molecule is CC(=O)[O-].OCCNCCO.[Na+]. The van der Waals surface area contributed by atoms with E-state index in [1.165, 1.54) is 0 Å². The molecule has 0 fully saturated rings. The van der Waals surface area contributed by atoms with Gasteiger partial charge in [-0.05, 0) is 6.92 Å². The molecule has 3 N–H and O–H groups in total. The van der Waals surface area contributed by atoms with Crippen molar-refractivity contribution in [2.75, 3.05) is 26.3 Å². The third-order valence-electron chi connectivity index (χ3n) is 0.577. The number of aliphatic hydroxyl groups excluding tert-OH is 2. The molecule has 0 radical (unpaired) electrons. The zero-order valence-electron chi connectivity index (χ0n) is 7.54. The first-order valence-electron chi connectivity index (χ1n) is 3.25. The van der Waals surface area contributed by atoms with Crippen molar-refractivity contribution in [2.24, 2.45) is 0 Å². The Hall–Kier alpha value is 0.350. The molecule has 6 heteroatoms. The van der Waals surface area contributed by atoms with Gasteiger partial charge in [0.2, 0.25) is 0 Å². The molecule has 0 aromatic heterocycles. The summed E-state index contributed by atoms with van der Waals surface area (Å²) in [5.41, 5.74) is 0. The van der Waals surface area contributed by atoms with Crippen LogP contribution in [0, 0.1) is 0 Å². The molecule has 0 amide bonds. The monoisotopic (exact) mass is 187 g/mol. The van der Waals surface area contributed by atoms with Gasteiger partial charge in [-0.15, -0.1) is 0 Å². The van der Waals surface area contributed by atoms with Crippen molar-refractivity contribution in [3.63, 3.8) is 0 Å². The zero-order valence-corrected chi connectivity index (χ0v) is 9.54. The molecule has 0 heterocycles. The fourth-order valence-electron chi connectivity index (χ4n) is 0.283. The van der Waals surface area contributed by atoms with E-state index in [0.717, 1.165) is 6.92 Å². The van der Waals surface area contributed by atoms with Crippen molar-refractivity contribution >= 4 is 5.97 Å².